The predicted molar refractivity (Wildman–Crippen MR) is 181 cm³/mol. The van der Waals surface area contributed by atoms with Crippen LogP contribution in [-0.2, 0) is 18.3 Å². The molecular formula is C40H56. The largest absolute Gasteiger partial charge is 0.103 e. The molecular weight excluding hydrogens is 480 g/mol. The number of aryl methyl sites for hydroxylation is 5. The highest BCUT2D eigenvalue weighted by molar-refractivity contribution is 5.67. The molecule has 3 rings (SSSR count). The minimum absolute atomic E-state index is 0.0289. The van der Waals surface area contributed by atoms with E-state index in [-0.39, 0.29) is 10.8 Å². The van der Waals surface area contributed by atoms with Crippen molar-refractivity contribution in [3.05, 3.63) is 123 Å². The lowest BCUT2D eigenvalue weighted by Gasteiger charge is -2.29. The third-order valence-corrected chi connectivity index (χ3v) is 8.52. The summed E-state index contributed by atoms with van der Waals surface area (Å²) < 4.78 is 0. The van der Waals surface area contributed by atoms with Crippen molar-refractivity contribution in [2.24, 2.45) is 10.8 Å². The number of hydrogen-bond acceptors (Lipinski definition) is 0. The second-order valence-corrected chi connectivity index (χ2v) is 14.4. The summed E-state index contributed by atoms with van der Waals surface area (Å²) in [6.07, 6.45) is 4.05. The first-order valence-corrected chi connectivity index (χ1v) is 14.9. The summed E-state index contributed by atoms with van der Waals surface area (Å²) in [4.78, 5) is 0. The Morgan fingerprint density at radius 2 is 1.12 bits per heavy atom. The normalized spacial score (nSPS) is 12.0. The van der Waals surface area contributed by atoms with Crippen molar-refractivity contribution in [1.82, 2.24) is 0 Å². The number of hydrogen-bond donors (Lipinski definition) is 0. The van der Waals surface area contributed by atoms with E-state index < -0.39 is 0 Å². The zero-order valence-electron chi connectivity index (χ0n) is 28.0. The van der Waals surface area contributed by atoms with Crippen LogP contribution in [0.3, 0.4) is 0 Å². The maximum atomic E-state index is 4.36. The second kappa shape index (κ2) is 12.8. The van der Waals surface area contributed by atoms with Gasteiger partial charge >= 0.3 is 0 Å². The van der Waals surface area contributed by atoms with Crippen LogP contribution in [-0.4, -0.2) is 0 Å². The average Bonchev–Trinajstić information content (AvgIpc) is 2.85. The highest BCUT2D eigenvalue weighted by atomic mass is 14.3. The summed E-state index contributed by atoms with van der Waals surface area (Å²) in [6, 6.07) is 18.5. The molecule has 0 heteroatoms. The topological polar surface area (TPSA) is 0 Å². The molecule has 40 heavy (non-hydrogen) atoms. The van der Waals surface area contributed by atoms with E-state index in [0.29, 0.717) is 5.41 Å². The van der Waals surface area contributed by atoms with Gasteiger partial charge < -0.3 is 0 Å². The number of rotatable bonds is 6. The molecule has 0 N–H and O–H groups in total. The fourth-order valence-corrected chi connectivity index (χ4v) is 4.93. The van der Waals surface area contributed by atoms with Gasteiger partial charge in [-0.25, -0.2) is 0 Å². The van der Waals surface area contributed by atoms with Crippen LogP contribution < -0.4 is 0 Å². The highest BCUT2D eigenvalue weighted by Gasteiger charge is 2.25. The SMILES string of the molecule is C=C(c1cccc(CCc2c(C)cc(C(C)(C)c3cc(C)c(C)c(C)c3)cc2C)c1)C(C)(C)C.C=CC(C)(C)C. The zero-order chi connectivity index (χ0) is 30.6. The molecule has 0 aliphatic heterocycles. The third-order valence-electron chi connectivity index (χ3n) is 8.52. The Bertz CT molecular complexity index is 1300. The average molecular weight is 537 g/mol. The van der Waals surface area contributed by atoms with E-state index in [1.165, 1.54) is 61.2 Å². The van der Waals surface area contributed by atoms with Gasteiger partial charge in [0.25, 0.3) is 0 Å². The lowest BCUT2D eigenvalue weighted by Crippen LogP contribution is -2.20. The fourth-order valence-electron chi connectivity index (χ4n) is 4.93. The van der Waals surface area contributed by atoms with Gasteiger partial charge in [-0.1, -0.05) is 117 Å². The number of allylic oxidation sites excluding steroid dienone is 2. The summed E-state index contributed by atoms with van der Waals surface area (Å²) in [5.41, 5.74) is 15.5. The molecule has 0 bridgehead atoms. The molecule has 0 saturated heterocycles. The van der Waals surface area contributed by atoms with Crippen molar-refractivity contribution >= 4 is 5.57 Å². The Labute approximate surface area is 247 Å². The van der Waals surface area contributed by atoms with Crippen molar-refractivity contribution in [3.8, 4) is 0 Å². The molecule has 0 spiro atoms. The minimum Gasteiger partial charge on any atom is -0.103 e. The Kier molecular flexibility index (Phi) is 10.6. The fraction of sp³-hybridized carbons (Fsp3) is 0.450. The first-order chi connectivity index (χ1) is 18.3. The van der Waals surface area contributed by atoms with Crippen LogP contribution in [0.1, 0.15) is 111 Å². The third kappa shape index (κ3) is 8.57. The lowest BCUT2D eigenvalue weighted by atomic mass is 9.75. The molecule has 0 aliphatic rings. The van der Waals surface area contributed by atoms with Crippen LogP contribution >= 0.6 is 0 Å². The molecule has 216 valence electrons. The van der Waals surface area contributed by atoms with Crippen molar-refractivity contribution in [2.45, 2.75) is 108 Å². The zero-order valence-corrected chi connectivity index (χ0v) is 28.0. The van der Waals surface area contributed by atoms with Crippen molar-refractivity contribution in [1.29, 1.82) is 0 Å². The molecule has 0 aromatic heterocycles. The molecule has 0 saturated carbocycles. The molecule has 0 heterocycles. The van der Waals surface area contributed by atoms with E-state index in [2.05, 4.69) is 152 Å². The molecule has 0 radical (unpaired) electrons. The first kappa shape index (κ1) is 33.3. The molecule has 3 aromatic carbocycles. The summed E-state index contributed by atoms with van der Waals surface area (Å²) >= 11 is 0. The maximum Gasteiger partial charge on any atom is 0.0146 e. The van der Waals surface area contributed by atoms with E-state index in [0.717, 1.165) is 12.8 Å². The Hall–Kier alpha value is -2.86. The standard InChI is InChI=1S/C34H44.C6H12/c1-22-17-30(18-23(2)26(22)5)34(10,11)31-19-24(3)32(25(4)20-31)16-15-28-13-12-14-29(21-28)27(6)33(7,8)9;1-5-6(2,3)4/h12-14,17-21H,6,15-16H2,1-5,7-11H3;5H,1H2,2-4H3. The Morgan fingerprint density at radius 3 is 1.55 bits per heavy atom. The molecule has 0 unspecified atom stereocenters. The summed E-state index contributed by atoms with van der Waals surface area (Å²) in [5, 5.41) is 0. The van der Waals surface area contributed by atoms with Gasteiger partial charge in [0.05, 0.1) is 0 Å². The summed E-state index contributed by atoms with van der Waals surface area (Å²) in [6.45, 7) is 37.0. The van der Waals surface area contributed by atoms with Crippen molar-refractivity contribution in [3.63, 3.8) is 0 Å². The van der Waals surface area contributed by atoms with Crippen molar-refractivity contribution < 1.29 is 0 Å². The predicted octanol–water partition coefficient (Wildman–Crippen LogP) is 11.6. The summed E-state index contributed by atoms with van der Waals surface area (Å²) in [5.74, 6) is 0. The van der Waals surface area contributed by atoms with Crippen LogP contribution in [0.4, 0.5) is 0 Å². The van der Waals surface area contributed by atoms with E-state index in [9.17, 15) is 0 Å². The smallest absolute Gasteiger partial charge is 0.0146 e. The van der Waals surface area contributed by atoms with Crippen LogP contribution in [0, 0.1) is 45.4 Å². The quantitative estimate of drug-likeness (QED) is 0.275. The molecule has 0 fully saturated rings. The Morgan fingerprint density at radius 1 is 0.675 bits per heavy atom. The Balaban J connectivity index is 0.000000840. The molecule has 0 atom stereocenters. The van der Waals surface area contributed by atoms with Gasteiger partial charge in [0.15, 0.2) is 0 Å². The van der Waals surface area contributed by atoms with E-state index in [1.54, 1.807) is 0 Å². The molecule has 0 amide bonds. The van der Waals surface area contributed by atoms with Gasteiger partial charge in [-0.3, -0.25) is 0 Å². The number of benzene rings is 3. The monoisotopic (exact) mass is 536 g/mol. The van der Waals surface area contributed by atoms with E-state index >= 15 is 0 Å². The van der Waals surface area contributed by atoms with Gasteiger partial charge in [-0.2, -0.15) is 0 Å². The van der Waals surface area contributed by atoms with Crippen LogP contribution in [0.15, 0.2) is 67.8 Å². The molecule has 0 nitrogen and oxygen atoms in total. The maximum absolute atomic E-state index is 4.36. The molecule has 3 aromatic rings. The minimum atomic E-state index is -0.0289. The van der Waals surface area contributed by atoms with Gasteiger partial charge in [0.1, 0.15) is 0 Å². The van der Waals surface area contributed by atoms with Gasteiger partial charge in [0, 0.05) is 5.41 Å². The van der Waals surface area contributed by atoms with Crippen molar-refractivity contribution in [2.75, 3.05) is 0 Å². The van der Waals surface area contributed by atoms with Gasteiger partial charge in [-0.05, 0) is 119 Å². The summed E-state index contributed by atoms with van der Waals surface area (Å²) in [7, 11) is 0. The first-order valence-electron chi connectivity index (χ1n) is 14.9. The van der Waals surface area contributed by atoms with Gasteiger partial charge in [-0.15, -0.1) is 6.58 Å². The van der Waals surface area contributed by atoms with Crippen LogP contribution in [0.25, 0.3) is 5.57 Å². The molecule has 0 aliphatic carbocycles. The van der Waals surface area contributed by atoms with E-state index in [4.69, 9.17) is 0 Å². The lowest BCUT2D eigenvalue weighted by molar-refractivity contribution is 0.546. The van der Waals surface area contributed by atoms with E-state index in [1.807, 2.05) is 6.08 Å². The van der Waals surface area contributed by atoms with Crippen LogP contribution in [0.5, 0.6) is 0 Å². The highest BCUT2D eigenvalue weighted by Crippen LogP contribution is 2.36. The van der Waals surface area contributed by atoms with Crippen LogP contribution in [0.2, 0.25) is 0 Å². The van der Waals surface area contributed by atoms with Gasteiger partial charge in [0.2, 0.25) is 0 Å². The second-order valence-electron chi connectivity index (χ2n) is 14.4.